The molecule has 0 aliphatic carbocycles. The minimum atomic E-state index is -2.67. The number of hydrogen-bond acceptors (Lipinski definition) is 4. The minimum Gasteiger partial charge on any atom is -0.338 e. The molecule has 6 nitrogen and oxygen atoms in total. The first-order valence-electron chi connectivity index (χ1n) is 9.21. The molecule has 8 heteroatoms. The molecule has 0 unspecified atom stereocenters. The Balaban J connectivity index is 1.53. The van der Waals surface area contributed by atoms with E-state index in [0.29, 0.717) is 30.4 Å². The number of likely N-dealkylation sites (tertiary alicyclic amines) is 2. The van der Waals surface area contributed by atoms with Gasteiger partial charge in [-0.2, -0.15) is 5.10 Å². The van der Waals surface area contributed by atoms with Crippen LogP contribution in [0, 0.1) is 6.92 Å². The monoisotopic (exact) mass is 363 g/mol. The standard InChI is InChI=1S/C18H23F2N5O/c1-12-10-15(16(19)20)25-17(22-12)14(11-21-25)18(26)24-8-4-13(5-9-24)23-6-2-3-7-23/h10-11,13,16H,2-9H2,1H3. The number of rotatable bonds is 3. The third-order valence-corrected chi connectivity index (χ3v) is 5.49. The normalized spacial score (nSPS) is 19.8. The summed E-state index contributed by atoms with van der Waals surface area (Å²) in [7, 11) is 0. The molecule has 4 rings (SSSR count). The molecule has 2 aromatic rings. The van der Waals surface area contributed by atoms with E-state index in [4.69, 9.17) is 0 Å². The number of alkyl halides is 2. The number of hydrogen-bond donors (Lipinski definition) is 0. The molecule has 0 atom stereocenters. The summed E-state index contributed by atoms with van der Waals surface area (Å²) in [5.74, 6) is -0.168. The Bertz CT molecular complexity index is 807. The molecule has 140 valence electrons. The number of amides is 1. The lowest BCUT2D eigenvalue weighted by Crippen LogP contribution is -2.45. The van der Waals surface area contributed by atoms with Gasteiger partial charge in [-0.05, 0) is 51.8 Å². The molecule has 0 aromatic carbocycles. The Hall–Kier alpha value is -2.09. The second kappa shape index (κ2) is 6.90. The summed E-state index contributed by atoms with van der Waals surface area (Å²) in [6.07, 6.45) is 3.14. The molecule has 0 radical (unpaired) electrons. The van der Waals surface area contributed by atoms with Crippen molar-refractivity contribution in [3.05, 3.63) is 29.2 Å². The van der Waals surface area contributed by atoms with Crippen molar-refractivity contribution >= 4 is 11.6 Å². The maximum Gasteiger partial charge on any atom is 0.280 e. The van der Waals surface area contributed by atoms with E-state index in [0.717, 1.165) is 30.4 Å². The predicted octanol–water partition coefficient (Wildman–Crippen LogP) is 2.68. The summed E-state index contributed by atoms with van der Waals surface area (Å²) in [5, 5.41) is 3.99. The van der Waals surface area contributed by atoms with Gasteiger partial charge in [-0.1, -0.05) is 0 Å². The lowest BCUT2D eigenvalue weighted by Gasteiger charge is -2.36. The molecular weight excluding hydrogens is 340 g/mol. The molecule has 0 N–H and O–H groups in total. The lowest BCUT2D eigenvalue weighted by atomic mass is 10.0. The molecule has 2 aliphatic heterocycles. The summed E-state index contributed by atoms with van der Waals surface area (Å²) >= 11 is 0. The smallest absolute Gasteiger partial charge is 0.280 e. The molecule has 4 heterocycles. The highest BCUT2D eigenvalue weighted by molar-refractivity contribution is 5.99. The average molecular weight is 363 g/mol. The molecule has 0 spiro atoms. The third kappa shape index (κ3) is 3.06. The summed E-state index contributed by atoms with van der Waals surface area (Å²) in [4.78, 5) is 21.5. The van der Waals surface area contributed by atoms with E-state index < -0.39 is 6.43 Å². The van der Waals surface area contributed by atoms with E-state index in [9.17, 15) is 13.6 Å². The van der Waals surface area contributed by atoms with E-state index in [2.05, 4.69) is 15.0 Å². The van der Waals surface area contributed by atoms with Gasteiger partial charge in [-0.3, -0.25) is 4.79 Å². The van der Waals surface area contributed by atoms with Gasteiger partial charge >= 0.3 is 0 Å². The van der Waals surface area contributed by atoms with Gasteiger partial charge in [-0.15, -0.1) is 0 Å². The fourth-order valence-electron chi connectivity index (χ4n) is 4.13. The molecule has 2 fully saturated rings. The van der Waals surface area contributed by atoms with Crippen molar-refractivity contribution in [1.29, 1.82) is 0 Å². The average Bonchev–Trinajstić information content (AvgIpc) is 3.30. The number of nitrogens with zero attached hydrogens (tertiary/aromatic N) is 5. The van der Waals surface area contributed by atoms with Gasteiger partial charge in [0.2, 0.25) is 0 Å². The number of halogens is 2. The first-order chi connectivity index (χ1) is 12.5. The molecule has 1 amide bonds. The number of fused-ring (bicyclic) bond motifs is 1. The Morgan fingerprint density at radius 1 is 1.19 bits per heavy atom. The van der Waals surface area contributed by atoms with Gasteiger partial charge in [0.25, 0.3) is 12.3 Å². The van der Waals surface area contributed by atoms with E-state index in [1.54, 1.807) is 11.8 Å². The van der Waals surface area contributed by atoms with Crippen molar-refractivity contribution < 1.29 is 13.6 Å². The van der Waals surface area contributed by atoms with Crippen molar-refractivity contribution in [2.24, 2.45) is 0 Å². The lowest BCUT2D eigenvalue weighted by molar-refractivity contribution is 0.0646. The van der Waals surface area contributed by atoms with Crippen molar-refractivity contribution in [3.8, 4) is 0 Å². The topological polar surface area (TPSA) is 53.7 Å². The fourth-order valence-corrected chi connectivity index (χ4v) is 4.13. The highest BCUT2D eigenvalue weighted by atomic mass is 19.3. The van der Waals surface area contributed by atoms with Crippen molar-refractivity contribution in [2.75, 3.05) is 26.2 Å². The van der Waals surface area contributed by atoms with E-state index in [1.165, 1.54) is 25.1 Å². The van der Waals surface area contributed by atoms with Gasteiger partial charge < -0.3 is 9.80 Å². The van der Waals surface area contributed by atoms with Crippen molar-refractivity contribution in [2.45, 2.75) is 45.1 Å². The quantitative estimate of drug-likeness (QED) is 0.841. The Morgan fingerprint density at radius 2 is 1.88 bits per heavy atom. The van der Waals surface area contributed by atoms with Crippen LogP contribution in [0.15, 0.2) is 12.3 Å². The Morgan fingerprint density at radius 3 is 2.54 bits per heavy atom. The van der Waals surface area contributed by atoms with E-state index in [1.807, 2.05) is 0 Å². The van der Waals surface area contributed by atoms with Crippen LogP contribution in [-0.4, -0.2) is 62.5 Å². The van der Waals surface area contributed by atoms with Crippen LogP contribution in [0.5, 0.6) is 0 Å². The first-order valence-corrected chi connectivity index (χ1v) is 9.21. The van der Waals surface area contributed by atoms with Crippen LogP contribution in [-0.2, 0) is 0 Å². The first kappa shape index (κ1) is 17.3. The van der Waals surface area contributed by atoms with Crippen LogP contribution in [0.4, 0.5) is 8.78 Å². The van der Waals surface area contributed by atoms with Crippen LogP contribution < -0.4 is 0 Å². The van der Waals surface area contributed by atoms with Crippen molar-refractivity contribution in [3.63, 3.8) is 0 Å². The third-order valence-electron chi connectivity index (χ3n) is 5.49. The molecule has 0 bridgehead atoms. The Labute approximate surface area is 150 Å². The predicted molar refractivity (Wildman–Crippen MR) is 92.4 cm³/mol. The number of aromatic nitrogens is 3. The highest BCUT2D eigenvalue weighted by Crippen LogP contribution is 2.25. The maximum absolute atomic E-state index is 13.2. The molecule has 2 aromatic heterocycles. The fraction of sp³-hybridized carbons (Fsp3) is 0.611. The van der Waals surface area contributed by atoms with Crippen LogP contribution >= 0.6 is 0 Å². The summed E-state index contributed by atoms with van der Waals surface area (Å²) in [6.45, 7) is 5.34. The molecule has 2 saturated heterocycles. The zero-order valence-corrected chi connectivity index (χ0v) is 14.9. The SMILES string of the molecule is Cc1cc(C(F)F)n2ncc(C(=O)N3CCC(N4CCCC4)CC3)c2n1. The van der Waals surface area contributed by atoms with Crippen LogP contribution in [0.3, 0.4) is 0 Å². The number of aryl methyl sites for hydroxylation is 1. The second-order valence-electron chi connectivity index (χ2n) is 7.18. The molecule has 0 saturated carbocycles. The van der Waals surface area contributed by atoms with E-state index >= 15 is 0 Å². The van der Waals surface area contributed by atoms with Gasteiger partial charge in [0.05, 0.1) is 6.20 Å². The van der Waals surface area contributed by atoms with Crippen LogP contribution in [0.25, 0.3) is 5.65 Å². The summed E-state index contributed by atoms with van der Waals surface area (Å²) in [5.41, 5.74) is 0.733. The van der Waals surface area contributed by atoms with Gasteiger partial charge in [0.15, 0.2) is 5.65 Å². The maximum atomic E-state index is 13.2. The minimum absolute atomic E-state index is 0.168. The number of carbonyl (C=O) groups excluding carboxylic acids is 1. The second-order valence-corrected chi connectivity index (χ2v) is 7.18. The highest BCUT2D eigenvalue weighted by Gasteiger charge is 2.30. The molecule has 2 aliphatic rings. The van der Waals surface area contributed by atoms with Gasteiger partial charge in [-0.25, -0.2) is 18.3 Å². The molecular formula is C18H23F2N5O. The van der Waals surface area contributed by atoms with Gasteiger partial charge in [0, 0.05) is 24.8 Å². The largest absolute Gasteiger partial charge is 0.338 e. The Kier molecular flexibility index (Phi) is 4.60. The summed E-state index contributed by atoms with van der Waals surface area (Å²) < 4.78 is 27.6. The van der Waals surface area contributed by atoms with E-state index in [-0.39, 0.29) is 17.2 Å². The van der Waals surface area contributed by atoms with Crippen molar-refractivity contribution in [1.82, 2.24) is 24.4 Å². The zero-order valence-electron chi connectivity index (χ0n) is 14.9. The van der Waals surface area contributed by atoms with Crippen LogP contribution in [0.1, 0.15) is 53.9 Å². The number of carbonyl (C=O) groups is 1. The molecule has 26 heavy (non-hydrogen) atoms. The van der Waals surface area contributed by atoms with Crippen LogP contribution in [0.2, 0.25) is 0 Å². The van der Waals surface area contributed by atoms with Gasteiger partial charge in [0.1, 0.15) is 11.3 Å². The summed E-state index contributed by atoms with van der Waals surface area (Å²) in [6, 6.07) is 1.86. The number of piperidine rings is 1. The zero-order chi connectivity index (χ0) is 18.3.